The Morgan fingerprint density at radius 3 is 2.55 bits per heavy atom. The number of aryl methyl sites for hydroxylation is 1. The molecule has 0 aromatic carbocycles. The lowest BCUT2D eigenvalue weighted by molar-refractivity contribution is 0.0924. The van der Waals surface area contributed by atoms with E-state index in [1.54, 1.807) is 0 Å². The Kier molecular flexibility index (Phi) is 5.73. The predicted octanol–water partition coefficient (Wildman–Crippen LogP) is 0.178. The molecule has 1 heterocycles. The molecular formula is C12H21N3O4S. The molecule has 7 nitrogen and oxygen atoms in total. The number of carbonyl (C=O) groups is 1. The third-order valence-corrected chi connectivity index (χ3v) is 4.67. The van der Waals surface area contributed by atoms with E-state index in [1.165, 1.54) is 27.1 Å². The minimum Gasteiger partial charge on any atom is -0.455 e. The summed E-state index contributed by atoms with van der Waals surface area (Å²) in [5.41, 5.74) is 0. The van der Waals surface area contributed by atoms with E-state index in [0.717, 1.165) is 17.3 Å². The maximum atomic E-state index is 12.0. The average molecular weight is 303 g/mol. The molecule has 0 aliphatic rings. The van der Waals surface area contributed by atoms with Gasteiger partial charge < -0.3 is 15.1 Å². The third-order valence-electron chi connectivity index (χ3n) is 2.74. The molecule has 0 saturated heterocycles. The van der Waals surface area contributed by atoms with Gasteiger partial charge in [-0.3, -0.25) is 4.79 Å². The summed E-state index contributed by atoms with van der Waals surface area (Å²) in [6.45, 7) is 2.81. The molecule has 0 atom stereocenters. The van der Waals surface area contributed by atoms with Crippen molar-refractivity contribution in [1.29, 1.82) is 0 Å². The van der Waals surface area contributed by atoms with E-state index in [9.17, 15) is 13.2 Å². The van der Waals surface area contributed by atoms with Crippen LogP contribution in [0.2, 0.25) is 0 Å². The molecule has 0 aliphatic heterocycles. The molecule has 114 valence electrons. The van der Waals surface area contributed by atoms with Crippen LogP contribution in [-0.2, 0) is 10.0 Å². The van der Waals surface area contributed by atoms with Gasteiger partial charge in [-0.2, -0.15) is 0 Å². The molecular weight excluding hydrogens is 282 g/mol. The number of nitrogens with one attached hydrogen (secondary N) is 2. The normalized spacial score (nSPS) is 11.8. The van der Waals surface area contributed by atoms with Gasteiger partial charge in [-0.1, -0.05) is 0 Å². The molecule has 0 unspecified atom stereocenters. The summed E-state index contributed by atoms with van der Waals surface area (Å²) in [6, 6.07) is 1.26. The molecule has 20 heavy (non-hydrogen) atoms. The van der Waals surface area contributed by atoms with E-state index in [4.69, 9.17) is 4.42 Å². The second-order valence-electron chi connectivity index (χ2n) is 4.53. The summed E-state index contributed by atoms with van der Waals surface area (Å²) < 4.78 is 30.3. The van der Waals surface area contributed by atoms with Crippen LogP contribution in [0.25, 0.3) is 0 Å². The van der Waals surface area contributed by atoms with Gasteiger partial charge in [0.25, 0.3) is 5.91 Å². The Bertz CT molecular complexity index is 563. The van der Waals surface area contributed by atoms with Gasteiger partial charge in [-0.25, -0.2) is 12.7 Å². The van der Waals surface area contributed by atoms with Crippen molar-refractivity contribution < 1.29 is 17.6 Å². The zero-order chi connectivity index (χ0) is 15.3. The van der Waals surface area contributed by atoms with Crippen molar-refractivity contribution in [2.24, 2.45) is 0 Å². The van der Waals surface area contributed by atoms with E-state index >= 15 is 0 Å². The Hall–Kier alpha value is -1.38. The zero-order valence-corrected chi connectivity index (χ0v) is 13.0. The van der Waals surface area contributed by atoms with Crippen molar-refractivity contribution in [2.45, 2.75) is 18.2 Å². The molecule has 0 radical (unpaired) electrons. The van der Waals surface area contributed by atoms with Crippen molar-refractivity contribution in [3.63, 3.8) is 0 Å². The second-order valence-corrected chi connectivity index (χ2v) is 6.65. The van der Waals surface area contributed by atoms with E-state index < -0.39 is 15.9 Å². The second kappa shape index (κ2) is 6.87. The first-order valence-electron chi connectivity index (χ1n) is 6.26. The van der Waals surface area contributed by atoms with Gasteiger partial charge in [0.05, 0.1) is 0 Å². The van der Waals surface area contributed by atoms with Crippen LogP contribution < -0.4 is 10.6 Å². The Labute approximate surface area is 119 Å². The smallest absolute Gasteiger partial charge is 0.287 e. The highest BCUT2D eigenvalue weighted by atomic mass is 32.2. The molecule has 0 fully saturated rings. The molecule has 1 aromatic rings. The van der Waals surface area contributed by atoms with E-state index in [0.29, 0.717) is 6.54 Å². The number of hydrogen-bond donors (Lipinski definition) is 2. The topological polar surface area (TPSA) is 91.6 Å². The van der Waals surface area contributed by atoms with Crippen molar-refractivity contribution in [3.05, 3.63) is 17.6 Å². The lowest BCUT2D eigenvalue weighted by Gasteiger charge is -2.09. The quantitative estimate of drug-likeness (QED) is 0.701. The molecule has 8 heteroatoms. The standard InChI is InChI=1S/C12H21N3O4S/c1-9-11(20(17,18)15(3)4)8-10(19-9)12(16)14-7-5-6-13-2/h8,13H,5-7H2,1-4H3,(H,14,16). The van der Waals surface area contributed by atoms with Crippen LogP contribution in [-0.4, -0.2) is 52.9 Å². The third kappa shape index (κ3) is 3.81. The lowest BCUT2D eigenvalue weighted by atomic mass is 10.3. The highest BCUT2D eigenvalue weighted by Gasteiger charge is 2.25. The molecule has 0 aliphatic carbocycles. The monoisotopic (exact) mass is 303 g/mol. The first kappa shape index (κ1) is 16.7. The molecule has 0 bridgehead atoms. The minimum absolute atomic E-state index is 0.00684. The number of nitrogens with zero attached hydrogens (tertiary/aromatic N) is 1. The van der Waals surface area contributed by atoms with Crippen LogP contribution >= 0.6 is 0 Å². The van der Waals surface area contributed by atoms with E-state index in [2.05, 4.69) is 10.6 Å². The molecule has 2 N–H and O–H groups in total. The Morgan fingerprint density at radius 2 is 2.00 bits per heavy atom. The minimum atomic E-state index is -3.60. The van der Waals surface area contributed by atoms with E-state index in [-0.39, 0.29) is 16.4 Å². The first-order valence-corrected chi connectivity index (χ1v) is 7.70. The van der Waals surface area contributed by atoms with Crippen molar-refractivity contribution in [2.75, 3.05) is 34.2 Å². The molecule has 0 spiro atoms. The summed E-state index contributed by atoms with van der Waals surface area (Å²) in [4.78, 5) is 11.9. The largest absolute Gasteiger partial charge is 0.455 e. The number of rotatable bonds is 7. The number of sulfonamides is 1. The maximum Gasteiger partial charge on any atom is 0.287 e. The van der Waals surface area contributed by atoms with Crippen LogP contribution in [0.1, 0.15) is 22.7 Å². The van der Waals surface area contributed by atoms with Crippen LogP contribution in [0, 0.1) is 6.92 Å². The SMILES string of the molecule is CNCCCNC(=O)c1cc(S(=O)(=O)N(C)C)c(C)o1. The van der Waals surface area contributed by atoms with Gasteiger partial charge in [0.15, 0.2) is 5.76 Å². The highest BCUT2D eigenvalue weighted by molar-refractivity contribution is 7.89. The van der Waals surface area contributed by atoms with Gasteiger partial charge in [-0.15, -0.1) is 0 Å². The van der Waals surface area contributed by atoms with Crippen molar-refractivity contribution >= 4 is 15.9 Å². The van der Waals surface area contributed by atoms with Gasteiger partial charge >= 0.3 is 0 Å². The fraction of sp³-hybridized carbons (Fsp3) is 0.583. The highest BCUT2D eigenvalue weighted by Crippen LogP contribution is 2.22. The molecule has 1 aromatic heterocycles. The maximum absolute atomic E-state index is 12.0. The van der Waals surface area contributed by atoms with Crippen molar-refractivity contribution in [1.82, 2.24) is 14.9 Å². The van der Waals surface area contributed by atoms with Crippen LogP contribution in [0.5, 0.6) is 0 Å². The first-order chi connectivity index (χ1) is 9.30. The number of hydrogen-bond acceptors (Lipinski definition) is 5. The molecule has 0 saturated carbocycles. The summed E-state index contributed by atoms with van der Waals surface area (Å²) in [5.74, 6) is -0.198. The van der Waals surface area contributed by atoms with Crippen molar-refractivity contribution in [3.8, 4) is 0 Å². The fourth-order valence-electron chi connectivity index (χ4n) is 1.58. The average Bonchev–Trinajstić information content (AvgIpc) is 2.77. The predicted molar refractivity (Wildman–Crippen MR) is 75.2 cm³/mol. The Balaban J connectivity index is 2.82. The summed E-state index contributed by atoms with van der Waals surface area (Å²) in [5, 5.41) is 5.64. The summed E-state index contributed by atoms with van der Waals surface area (Å²) >= 11 is 0. The van der Waals surface area contributed by atoms with Crippen LogP contribution in [0.15, 0.2) is 15.4 Å². The zero-order valence-electron chi connectivity index (χ0n) is 12.2. The van der Waals surface area contributed by atoms with Gasteiger partial charge in [0, 0.05) is 26.7 Å². The van der Waals surface area contributed by atoms with E-state index in [1.807, 2.05) is 7.05 Å². The number of amides is 1. The number of carbonyl (C=O) groups excluding carboxylic acids is 1. The fourth-order valence-corrected chi connectivity index (χ4v) is 2.64. The molecule has 1 rings (SSSR count). The van der Waals surface area contributed by atoms with Gasteiger partial charge in [0.2, 0.25) is 10.0 Å². The summed E-state index contributed by atoms with van der Waals surface area (Å²) in [6.07, 6.45) is 0.783. The molecule has 1 amide bonds. The Morgan fingerprint density at radius 1 is 1.35 bits per heavy atom. The van der Waals surface area contributed by atoms with Gasteiger partial charge in [-0.05, 0) is 26.9 Å². The number of furan rings is 1. The lowest BCUT2D eigenvalue weighted by Crippen LogP contribution is -2.26. The summed E-state index contributed by atoms with van der Waals surface area (Å²) in [7, 11) is 1.09. The van der Waals surface area contributed by atoms with Gasteiger partial charge in [0.1, 0.15) is 10.7 Å². The van der Waals surface area contributed by atoms with Crippen LogP contribution in [0.3, 0.4) is 0 Å². The van der Waals surface area contributed by atoms with Crippen LogP contribution in [0.4, 0.5) is 0 Å².